The van der Waals surface area contributed by atoms with E-state index in [1.54, 1.807) is 4.90 Å². The van der Waals surface area contributed by atoms with Crippen molar-refractivity contribution in [2.45, 2.75) is 39.0 Å². The van der Waals surface area contributed by atoms with E-state index in [2.05, 4.69) is 74.1 Å². The molecule has 0 atom stereocenters. The molecule has 8 nitrogen and oxygen atoms in total. The van der Waals surface area contributed by atoms with Gasteiger partial charge in [0.2, 0.25) is 0 Å². The van der Waals surface area contributed by atoms with Gasteiger partial charge in [-0.3, -0.25) is 9.58 Å². The molecule has 7 rings (SSSR count). The van der Waals surface area contributed by atoms with Gasteiger partial charge in [-0.25, -0.2) is 4.79 Å². The number of nitrogens with one attached hydrogen (secondary N) is 1. The number of halogens is 2. The van der Waals surface area contributed by atoms with Gasteiger partial charge < -0.3 is 20.9 Å². The third-order valence-corrected chi connectivity index (χ3v) is 10.5. The van der Waals surface area contributed by atoms with Crippen LogP contribution in [0, 0.1) is 11.8 Å². The second-order valence-electron chi connectivity index (χ2n) is 13.4. The number of rotatable bonds is 10. The van der Waals surface area contributed by atoms with E-state index >= 15 is 0 Å². The molecule has 2 aliphatic heterocycles. The SMILES string of the molecule is NC(=O)N1CCc2c(c(-c3ccc(Cl)c(C#Cc4ccc(CNCc5ccc(Cl)cc5)cc4)c3)nn2CCCN2CCN(c3ccccc3)CC2)C1. The third kappa shape index (κ3) is 8.80. The molecular formula is C42H43Cl2N7O. The number of carbonyl (C=O) groups is 1. The lowest BCUT2D eigenvalue weighted by atomic mass is 9.99. The van der Waals surface area contributed by atoms with E-state index in [1.807, 2.05) is 54.6 Å². The molecule has 52 heavy (non-hydrogen) atoms. The fraction of sp³-hybridized carbons (Fsp3) is 0.286. The lowest BCUT2D eigenvalue weighted by Crippen LogP contribution is -2.46. The predicted octanol–water partition coefficient (Wildman–Crippen LogP) is 7.20. The number of anilines is 1. The van der Waals surface area contributed by atoms with Crippen LogP contribution in [0.3, 0.4) is 0 Å². The first kappa shape index (κ1) is 35.6. The number of urea groups is 1. The van der Waals surface area contributed by atoms with Gasteiger partial charge in [0.15, 0.2) is 0 Å². The molecule has 0 unspecified atom stereocenters. The number of benzene rings is 4. The highest BCUT2D eigenvalue weighted by molar-refractivity contribution is 6.31. The Kier molecular flexibility index (Phi) is 11.4. The first-order valence-corrected chi connectivity index (χ1v) is 18.7. The highest BCUT2D eigenvalue weighted by Crippen LogP contribution is 2.32. The number of hydrogen-bond acceptors (Lipinski definition) is 5. The lowest BCUT2D eigenvalue weighted by Gasteiger charge is -2.36. The minimum Gasteiger partial charge on any atom is -0.369 e. The number of piperazine rings is 1. The highest BCUT2D eigenvalue weighted by Gasteiger charge is 2.27. The normalized spacial score (nSPS) is 14.5. The molecule has 3 heterocycles. The Balaban J connectivity index is 1.01. The van der Waals surface area contributed by atoms with E-state index in [0.29, 0.717) is 24.5 Å². The Labute approximate surface area is 316 Å². The maximum Gasteiger partial charge on any atom is 0.315 e. The molecule has 2 amide bonds. The number of amides is 2. The van der Waals surface area contributed by atoms with Crippen LogP contribution >= 0.6 is 23.2 Å². The Morgan fingerprint density at radius 2 is 1.52 bits per heavy atom. The van der Waals surface area contributed by atoms with Gasteiger partial charge in [0.25, 0.3) is 0 Å². The van der Waals surface area contributed by atoms with Crippen LogP contribution in [0.15, 0.2) is 97.1 Å². The van der Waals surface area contributed by atoms with Gasteiger partial charge in [-0.05, 0) is 66.1 Å². The average Bonchev–Trinajstić information content (AvgIpc) is 3.54. The van der Waals surface area contributed by atoms with Crippen molar-refractivity contribution in [2.24, 2.45) is 5.73 Å². The number of aromatic nitrogens is 2. The van der Waals surface area contributed by atoms with Crippen LogP contribution < -0.4 is 16.0 Å². The molecular weight excluding hydrogens is 689 g/mol. The lowest BCUT2D eigenvalue weighted by molar-refractivity contribution is 0.201. The average molecular weight is 733 g/mol. The van der Waals surface area contributed by atoms with Crippen LogP contribution in [-0.2, 0) is 32.6 Å². The maximum absolute atomic E-state index is 12.2. The molecule has 5 aromatic rings. The Hall–Kier alpha value is -4.78. The second kappa shape index (κ2) is 16.7. The fourth-order valence-corrected chi connectivity index (χ4v) is 7.27. The monoisotopic (exact) mass is 731 g/mol. The zero-order valence-corrected chi connectivity index (χ0v) is 30.7. The number of nitrogens with two attached hydrogens (primary N) is 1. The summed E-state index contributed by atoms with van der Waals surface area (Å²) in [6, 6.07) is 32.2. The summed E-state index contributed by atoms with van der Waals surface area (Å²) in [5, 5.41) is 9.94. The van der Waals surface area contributed by atoms with Crippen molar-refractivity contribution < 1.29 is 4.79 Å². The van der Waals surface area contributed by atoms with Crippen LogP contribution in [0.5, 0.6) is 0 Å². The minimum atomic E-state index is -0.412. The van der Waals surface area contributed by atoms with Gasteiger partial charge in [-0.1, -0.05) is 83.6 Å². The molecule has 0 bridgehead atoms. The summed E-state index contributed by atoms with van der Waals surface area (Å²) in [7, 11) is 0. The maximum atomic E-state index is 12.2. The molecule has 1 saturated heterocycles. The van der Waals surface area contributed by atoms with Crippen molar-refractivity contribution in [3.05, 3.63) is 141 Å². The summed E-state index contributed by atoms with van der Waals surface area (Å²) in [5.74, 6) is 6.58. The van der Waals surface area contributed by atoms with Gasteiger partial charge in [0, 0.05) is 104 Å². The Morgan fingerprint density at radius 1 is 0.808 bits per heavy atom. The van der Waals surface area contributed by atoms with Gasteiger partial charge in [-0.15, -0.1) is 0 Å². The van der Waals surface area contributed by atoms with Crippen LogP contribution in [-0.4, -0.2) is 64.9 Å². The Bertz CT molecular complexity index is 2040. The second-order valence-corrected chi connectivity index (χ2v) is 14.2. The summed E-state index contributed by atoms with van der Waals surface area (Å²) >= 11 is 12.7. The van der Waals surface area contributed by atoms with Crippen LogP contribution in [0.25, 0.3) is 11.3 Å². The van der Waals surface area contributed by atoms with Crippen molar-refractivity contribution in [3.8, 4) is 23.1 Å². The molecule has 4 aromatic carbocycles. The van der Waals surface area contributed by atoms with Gasteiger partial charge in [0.05, 0.1) is 17.3 Å². The molecule has 266 valence electrons. The van der Waals surface area contributed by atoms with Gasteiger partial charge >= 0.3 is 6.03 Å². The van der Waals surface area contributed by atoms with E-state index < -0.39 is 6.03 Å². The number of primary amides is 1. The number of para-hydroxylation sites is 1. The molecule has 2 aliphatic rings. The first-order valence-electron chi connectivity index (χ1n) is 17.9. The number of carbonyl (C=O) groups excluding carboxylic acids is 1. The molecule has 0 radical (unpaired) electrons. The topological polar surface area (TPSA) is 82.7 Å². The van der Waals surface area contributed by atoms with Crippen molar-refractivity contribution in [3.63, 3.8) is 0 Å². The van der Waals surface area contributed by atoms with E-state index in [0.717, 1.165) is 91.7 Å². The first-order chi connectivity index (χ1) is 25.4. The predicted molar refractivity (Wildman–Crippen MR) is 211 cm³/mol. The number of nitrogens with zero attached hydrogens (tertiary/aromatic N) is 5. The van der Waals surface area contributed by atoms with Crippen molar-refractivity contribution in [1.29, 1.82) is 0 Å². The highest BCUT2D eigenvalue weighted by atomic mass is 35.5. The zero-order chi connectivity index (χ0) is 35.9. The van der Waals surface area contributed by atoms with Crippen molar-refractivity contribution in [1.82, 2.24) is 24.9 Å². The zero-order valence-electron chi connectivity index (χ0n) is 29.2. The molecule has 1 fully saturated rings. The van der Waals surface area contributed by atoms with E-state index in [1.165, 1.54) is 22.5 Å². The van der Waals surface area contributed by atoms with Crippen LogP contribution in [0.4, 0.5) is 10.5 Å². The molecule has 0 saturated carbocycles. The third-order valence-electron chi connectivity index (χ3n) is 9.89. The molecule has 10 heteroatoms. The number of fused-ring (bicyclic) bond motifs is 1. The molecule has 3 N–H and O–H groups in total. The van der Waals surface area contributed by atoms with Crippen molar-refractivity contribution in [2.75, 3.05) is 44.2 Å². The van der Waals surface area contributed by atoms with E-state index in [9.17, 15) is 4.79 Å². The summed E-state index contributed by atoms with van der Waals surface area (Å²) in [4.78, 5) is 18.9. The summed E-state index contributed by atoms with van der Waals surface area (Å²) < 4.78 is 2.15. The smallest absolute Gasteiger partial charge is 0.315 e. The molecule has 0 aliphatic carbocycles. The van der Waals surface area contributed by atoms with E-state index in [-0.39, 0.29) is 0 Å². The number of hydrogen-bond donors (Lipinski definition) is 2. The molecule has 1 aromatic heterocycles. The largest absolute Gasteiger partial charge is 0.369 e. The quantitative estimate of drug-likeness (QED) is 0.149. The van der Waals surface area contributed by atoms with Crippen LogP contribution in [0.1, 0.15) is 39.9 Å². The van der Waals surface area contributed by atoms with Crippen molar-refractivity contribution >= 4 is 34.9 Å². The van der Waals surface area contributed by atoms with Crippen LogP contribution in [0.2, 0.25) is 10.0 Å². The fourth-order valence-electron chi connectivity index (χ4n) is 6.98. The van der Waals surface area contributed by atoms with Gasteiger partial charge in [-0.2, -0.15) is 5.10 Å². The summed E-state index contributed by atoms with van der Waals surface area (Å²) in [6.07, 6.45) is 1.71. The van der Waals surface area contributed by atoms with E-state index in [4.69, 9.17) is 34.0 Å². The molecule has 0 spiro atoms. The standard InChI is InChI=1S/C42H43Cl2N7O/c43-36-16-12-33(13-17-36)29-46-28-32-9-7-31(8-10-32)11-14-34-27-35(15-18-39(34)44)41-38-30-50(42(45)52)22-19-40(38)51(47-41)21-4-20-48-23-25-49(26-24-48)37-5-2-1-3-6-37/h1-3,5-10,12-13,15-18,27,46H,4,19-26,28-30H2,(H2,45,52). The van der Waals surface area contributed by atoms with Gasteiger partial charge in [0.1, 0.15) is 0 Å². The Morgan fingerprint density at radius 3 is 2.23 bits per heavy atom. The summed E-state index contributed by atoms with van der Waals surface area (Å²) in [5.41, 5.74) is 15.0. The minimum absolute atomic E-state index is 0.412. The number of aryl methyl sites for hydroxylation is 1. The summed E-state index contributed by atoms with van der Waals surface area (Å²) in [6.45, 7) is 8.53.